The first-order valence-corrected chi connectivity index (χ1v) is 10.1. The van der Waals surface area contributed by atoms with Crippen LogP contribution in [0.1, 0.15) is 38.7 Å². The van der Waals surface area contributed by atoms with Crippen molar-refractivity contribution in [2.24, 2.45) is 0 Å². The van der Waals surface area contributed by atoms with Gasteiger partial charge in [0.15, 0.2) is 9.84 Å². The highest BCUT2D eigenvalue weighted by atomic mass is 32.2. The highest BCUT2D eigenvalue weighted by Crippen LogP contribution is 2.41. The molecule has 0 unspecified atom stereocenters. The Morgan fingerprint density at radius 1 is 1.08 bits per heavy atom. The van der Waals surface area contributed by atoms with Crippen molar-refractivity contribution in [3.05, 3.63) is 35.5 Å². The summed E-state index contributed by atoms with van der Waals surface area (Å²) in [7, 11) is -3.30. The second kappa shape index (κ2) is 5.98. The van der Waals surface area contributed by atoms with Crippen LogP contribution in [0.15, 0.2) is 34.9 Å². The third-order valence-corrected chi connectivity index (χ3v) is 5.67. The number of esters is 1. The Morgan fingerprint density at radius 2 is 1.72 bits per heavy atom. The molecule has 0 aromatic heterocycles. The number of rotatable bonds is 3. The summed E-state index contributed by atoms with van der Waals surface area (Å²) in [5, 5.41) is 0. The Hall–Kier alpha value is -2.15. The molecule has 3 rings (SSSR count). The van der Waals surface area contributed by atoms with Gasteiger partial charge in [-0.05, 0) is 44.4 Å². The van der Waals surface area contributed by atoms with Crippen molar-refractivity contribution in [2.45, 2.75) is 43.6 Å². The lowest BCUT2D eigenvalue weighted by Gasteiger charge is -2.27. The topological polar surface area (TPSA) is 80.8 Å². The zero-order chi connectivity index (χ0) is 18.4. The first kappa shape index (κ1) is 17.7. The molecule has 1 aromatic carbocycles. The molecule has 0 aliphatic carbocycles. The van der Waals surface area contributed by atoms with Gasteiger partial charge in [-0.25, -0.2) is 13.2 Å². The second-order valence-corrected chi connectivity index (χ2v) is 8.94. The van der Waals surface area contributed by atoms with E-state index in [9.17, 15) is 18.0 Å². The van der Waals surface area contributed by atoms with E-state index in [2.05, 4.69) is 0 Å². The number of cyclic esters (lactones) is 1. The van der Waals surface area contributed by atoms with Crippen molar-refractivity contribution >= 4 is 27.3 Å². The van der Waals surface area contributed by atoms with Crippen LogP contribution in [-0.4, -0.2) is 43.6 Å². The lowest BCUT2D eigenvalue weighted by Crippen LogP contribution is -2.36. The van der Waals surface area contributed by atoms with Crippen LogP contribution in [0, 0.1) is 0 Å². The Morgan fingerprint density at radius 3 is 2.28 bits per heavy atom. The van der Waals surface area contributed by atoms with E-state index < -0.39 is 21.4 Å². The van der Waals surface area contributed by atoms with E-state index in [0.717, 1.165) is 19.1 Å². The lowest BCUT2D eigenvalue weighted by molar-refractivity contribution is -0.148. The summed E-state index contributed by atoms with van der Waals surface area (Å²) in [6, 6.07) is 6.33. The molecular formula is C18H21NO5S. The van der Waals surface area contributed by atoms with Crippen molar-refractivity contribution in [3.63, 3.8) is 0 Å². The number of hydrogen-bond acceptors (Lipinski definition) is 5. The fraction of sp³-hybridized carbons (Fsp3) is 0.444. The van der Waals surface area contributed by atoms with Gasteiger partial charge in [-0.3, -0.25) is 4.79 Å². The minimum Gasteiger partial charge on any atom is -0.450 e. The number of likely N-dealkylation sites (tertiary alicyclic amines) is 1. The van der Waals surface area contributed by atoms with E-state index in [-0.39, 0.29) is 16.5 Å². The fourth-order valence-electron chi connectivity index (χ4n) is 3.36. The normalized spacial score (nSPS) is 20.8. The number of amides is 1. The molecule has 0 spiro atoms. The number of piperidine rings is 1. The largest absolute Gasteiger partial charge is 0.450 e. The summed E-state index contributed by atoms with van der Waals surface area (Å²) < 4.78 is 28.8. The number of ether oxygens (including phenoxy) is 1. The summed E-state index contributed by atoms with van der Waals surface area (Å²) in [6.07, 6.45) is 3.21. The first-order valence-electron chi connectivity index (χ1n) is 8.20. The molecule has 2 aliphatic heterocycles. The number of benzene rings is 1. The maximum atomic E-state index is 12.5. The van der Waals surface area contributed by atoms with Crippen LogP contribution in [0.5, 0.6) is 0 Å². The molecule has 6 nitrogen and oxygen atoms in total. The van der Waals surface area contributed by atoms with Gasteiger partial charge in [-0.2, -0.15) is 0 Å². The second-order valence-electron chi connectivity index (χ2n) is 6.92. The van der Waals surface area contributed by atoms with Gasteiger partial charge in [0.05, 0.1) is 4.90 Å². The van der Waals surface area contributed by atoms with Crippen LogP contribution in [0.25, 0.3) is 5.57 Å². The van der Waals surface area contributed by atoms with Gasteiger partial charge >= 0.3 is 5.97 Å². The van der Waals surface area contributed by atoms with Gasteiger partial charge in [0.1, 0.15) is 11.3 Å². The number of carbonyl (C=O) groups is 2. The number of hydrogen-bond donors (Lipinski definition) is 0. The standard InChI is InChI=1S/C18H21NO5S/c1-18(2)15(12-7-9-13(10-8-12)25(3,22)23)16(17(21)24-18)19-11-5-4-6-14(19)20/h7-10H,4-6,11H2,1-3H3. The van der Waals surface area contributed by atoms with Gasteiger partial charge in [0, 0.05) is 24.8 Å². The van der Waals surface area contributed by atoms with Crippen LogP contribution in [0.2, 0.25) is 0 Å². The van der Waals surface area contributed by atoms with Crippen molar-refractivity contribution in [1.29, 1.82) is 0 Å². The van der Waals surface area contributed by atoms with Gasteiger partial charge in [-0.15, -0.1) is 0 Å². The molecule has 1 fully saturated rings. The average molecular weight is 363 g/mol. The van der Waals surface area contributed by atoms with Crippen LogP contribution in [0.3, 0.4) is 0 Å². The monoisotopic (exact) mass is 363 g/mol. The van der Waals surface area contributed by atoms with Crippen LogP contribution < -0.4 is 0 Å². The van der Waals surface area contributed by atoms with Gasteiger partial charge in [-0.1, -0.05) is 12.1 Å². The fourth-order valence-corrected chi connectivity index (χ4v) is 3.99. The Labute approximate surface area is 147 Å². The minimum atomic E-state index is -3.30. The third kappa shape index (κ3) is 3.20. The predicted molar refractivity (Wildman–Crippen MR) is 92.2 cm³/mol. The molecule has 0 saturated carbocycles. The van der Waals surface area contributed by atoms with E-state index in [0.29, 0.717) is 24.1 Å². The van der Waals surface area contributed by atoms with Crippen molar-refractivity contribution < 1.29 is 22.7 Å². The van der Waals surface area contributed by atoms with Crippen LogP contribution in [0.4, 0.5) is 0 Å². The summed E-state index contributed by atoms with van der Waals surface area (Å²) >= 11 is 0. The molecule has 1 amide bonds. The van der Waals surface area contributed by atoms with E-state index >= 15 is 0 Å². The van der Waals surface area contributed by atoms with E-state index in [1.165, 1.54) is 17.0 Å². The smallest absolute Gasteiger partial charge is 0.356 e. The molecule has 0 N–H and O–H groups in total. The Bertz CT molecular complexity index is 865. The Kier molecular flexibility index (Phi) is 4.23. The first-order chi connectivity index (χ1) is 11.6. The molecule has 0 radical (unpaired) electrons. The van der Waals surface area contributed by atoms with Crippen molar-refractivity contribution in [1.82, 2.24) is 4.90 Å². The molecule has 1 aromatic rings. The summed E-state index contributed by atoms with van der Waals surface area (Å²) in [5.74, 6) is -0.594. The zero-order valence-electron chi connectivity index (χ0n) is 14.5. The van der Waals surface area contributed by atoms with Crippen LogP contribution in [-0.2, 0) is 24.2 Å². The van der Waals surface area contributed by atoms with E-state index in [4.69, 9.17) is 4.74 Å². The summed E-state index contributed by atoms with van der Waals surface area (Å²) in [6.45, 7) is 4.03. The van der Waals surface area contributed by atoms with Crippen molar-refractivity contribution in [2.75, 3.05) is 12.8 Å². The average Bonchev–Trinajstić information content (AvgIpc) is 2.76. The number of carbonyl (C=O) groups excluding carboxylic acids is 2. The molecular weight excluding hydrogens is 342 g/mol. The molecule has 2 aliphatic rings. The van der Waals surface area contributed by atoms with E-state index in [1.807, 2.05) is 0 Å². The lowest BCUT2D eigenvalue weighted by atomic mass is 9.90. The third-order valence-electron chi connectivity index (χ3n) is 4.54. The molecule has 0 atom stereocenters. The van der Waals surface area contributed by atoms with Gasteiger partial charge in [0.25, 0.3) is 0 Å². The maximum Gasteiger partial charge on any atom is 0.356 e. The molecule has 7 heteroatoms. The zero-order valence-corrected chi connectivity index (χ0v) is 15.4. The maximum absolute atomic E-state index is 12.5. The molecule has 1 saturated heterocycles. The summed E-state index contributed by atoms with van der Waals surface area (Å²) in [5.41, 5.74) is 0.683. The highest BCUT2D eigenvalue weighted by molar-refractivity contribution is 7.90. The predicted octanol–water partition coefficient (Wildman–Crippen LogP) is 2.15. The minimum absolute atomic E-state index is 0.0823. The van der Waals surface area contributed by atoms with Gasteiger partial charge in [0.2, 0.25) is 5.91 Å². The van der Waals surface area contributed by atoms with E-state index in [1.54, 1.807) is 26.0 Å². The quantitative estimate of drug-likeness (QED) is 0.769. The molecule has 25 heavy (non-hydrogen) atoms. The SMILES string of the molecule is CC1(C)OC(=O)C(N2CCCCC2=O)=C1c1ccc(S(C)(=O)=O)cc1. The Balaban J connectivity index is 2.13. The van der Waals surface area contributed by atoms with Crippen molar-refractivity contribution in [3.8, 4) is 0 Å². The van der Waals surface area contributed by atoms with Gasteiger partial charge < -0.3 is 9.64 Å². The number of sulfone groups is 1. The highest BCUT2D eigenvalue weighted by Gasteiger charge is 2.45. The van der Waals surface area contributed by atoms with Crippen LogP contribution >= 0.6 is 0 Å². The summed E-state index contributed by atoms with van der Waals surface area (Å²) in [4.78, 5) is 26.5. The molecule has 0 bridgehead atoms. The molecule has 2 heterocycles. The number of nitrogens with zero attached hydrogens (tertiary/aromatic N) is 1. The molecule has 134 valence electrons.